The Labute approximate surface area is 152 Å². The molecule has 0 bridgehead atoms. The molecule has 0 radical (unpaired) electrons. The Kier molecular flexibility index (Phi) is 6.26. The van der Waals surface area contributed by atoms with Crippen molar-refractivity contribution in [3.8, 4) is 5.88 Å². The van der Waals surface area contributed by atoms with Crippen LogP contribution < -0.4 is 4.74 Å². The average molecular weight is 370 g/mol. The minimum absolute atomic E-state index is 0.0328. The van der Waals surface area contributed by atoms with E-state index in [2.05, 4.69) is 4.98 Å². The molecule has 2 heterocycles. The molecule has 1 fully saturated rings. The molecule has 8 heteroatoms. The SMILES string of the molecule is CCOC(=O)c1nc(OC2CCN(C(=O)OC(C)(C)C)CC2)c(C)s1. The zero-order chi connectivity index (χ0) is 18.6. The summed E-state index contributed by atoms with van der Waals surface area (Å²) in [5.41, 5.74) is -0.494. The maximum Gasteiger partial charge on any atom is 0.410 e. The third kappa shape index (κ3) is 5.59. The van der Waals surface area contributed by atoms with E-state index in [0.29, 0.717) is 43.4 Å². The summed E-state index contributed by atoms with van der Waals surface area (Å²) in [4.78, 5) is 30.6. The molecule has 0 saturated carbocycles. The molecular weight excluding hydrogens is 344 g/mol. The molecule has 0 N–H and O–H groups in total. The van der Waals surface area contributed by atoms with Crippen molar-refractivity contribution in [3.63, 3.8) is 0 Å². The van der Waals surface area contributed by atoms with Gasteiger partial charge in [-0.3, -0.25) is 0 Å². The van der Waals surface area contributed by atoms with Crippen LogP contribution in [0.2, 0.25) is 0 Å². The van der Waals surface area contributed by atoms with Crippen LogP contribution in [-0.2, 0) is 9.47 Å². The summed E-state index contributed by atoms with van der Waals surface area (Å²) in [5, 5.41) is 0.306. The van der Waals surface area contributed by atoms with Gasteiger partial charge in [-0.1, -0.05) is 0 Å². The monoisotopic (exact) mass is 370 g/mol. The van der Waals surface area contributed by atoms with Crippen LogP contribution in [0.5, 0.6) is 5.88 Å². The Morgan fingerprint density at radius 2 is 1.92 bits per heavy atom. The fraction of sp³-hybridized carbons (Fsp3) is 0.706. The predicted octanol–water partition coefficient (Wildman–Crippen LogP) is 3.41. The lowest BCUT2D eigenvalue weighted by Crippen LogP contribution is -2.44. The Balaban J connectivity index is 1.88. The zero-order valence-electron chi connectivity index (χ0n) is 15.5. The first-order valence-electron chi connectivity index (χ1n) is 8.48. The zero-order valence-corrected chi connectivity index (χ0v) is 16.3. The van der Waals surface area contributed by atoms with Crippen molar-refractivity contribution in [1.29, 1.82) is 0 Å². The minimum atomic E-state index is -0.494. The van der Waals surface area contributed by atoms with Gasteiger partial charge in [-0.15, -0.1) is 11.3 Å². The van der Waals surface area contributed by atoms with Gasteiger partial charge >= 0.3 is 12.1 Å². The van der Waals surface area contributed by atoms with Crippen LogP contribution in [0.25, 0.3) is 0 Å². The van der Waals surface area contributed by atoms with Crippen LogP contribution >= 0.6 is 11.3 Å². The molecule has 0 atom stereocenters. The number of thiazole rings is 1. The second-order valence-corrected chi connectivity index (χ2v) is 8.09. The summed E-state index contributed by atoms with van der Waals surface area (Å²) < 4.78 is 16.3. The van der Waals surface area contributed by atoms with E-state index >= 15 is 0 Å². The summed E-state index contributed by atoms with van der Waals surface area (Å²) in [5.74, 6) is 0.0500. The molecule has 0 unspecified atom stereocenters. The highest BCUT2D eigenvalue weighted by Gasteiger charge is 2.28. The quantitative estimate of drug-likeness (QED) is 0.756. The second kappa shape index (κ2) is 8.03. The Morgan fingerprint density at radius 3 is 2.48 bits per heavy atom. The number of aromatic nitrogens is 1. The van der Waals surface area contributed by atoms with E-state index in [0.717, 1.165) is 4.88 Å². The number of carbonyl (C=O) groups excluding carboxylic acids is 2. The smallest absolute Gasteiger partial charge is 0.410 e. The van der Waals surface area contributed by atoms with Crippen LogP contribution in [0.4, 0.5) is 4.79 Å². The number of esters is 1. The lowest BCUT2D eigenvalue weighted by Gasteiger charge is -2.33. The van der Waals surface area contributed by atoms with Crippen LogP contribution in [0.1, 0.15) is 55.2 Å². The molecule has 0 aromatic carbocycles. The highest BCUT2D eigenvalue weighted by Crippen LogP contribution is 2.28. The predicted molar refractivity (Wildman–Crippen MR) is 94.3 cm³/mol. The molecule has 140 valence electrons. The van der Waals surface area contributed by atoms with E-state index in [4.69, 9.17) is 14.2 Å². The Morgan fingerprint density at radius 1 is 1.28 bits per heavy atom. The number of carbonyl (C=O) groups is 2. The van der Waals surface area contributed by atoms with Crippen molar-refractivity contribution < 1.29 is 23.8 Å². The number of piperidine rings is 1. The lowest BCUT2D eigenvalue weighted by atomic mass is 10.1. The van der Waals surface area contributed by atoms with Crippen molar-refractivity contribution in [3.05, 3.63) is 9.88 Å². The van der Waals surface area contributed by atoms with Crippen molar-refractivity contribution in [2.24, 2.45) is 0 Å². The second-order valence-electron chi connectivity index (χ2n) is 6.89. The number of rotatable bonds is 4. The van der Waals surface area contributed by atoms with E-state index in [9.17, 15) is 9.59 Å². The number of nitrogens with zero attached hydrogens (tertiary/aromatic N) is 2. The molecular formula is C17H26N2O5S. The first-order valence-corrected chi connectivity index (χ1v) is 9.30. The third-order valence-corrected chi connectivity index (χ3v) is 4.51. The Bertz CT molecular complexity index is 615. The molecule has 2 rings (SSSR count). The van der Waals surface area contributed by atoms with Crippen LogP contribution in [0, 0.1) is 6.92 Å². The highest BCUT2D eigenvalue weighted by atomic mass is 32.1. The summed E-state index contributed by atoms with van der Waals surface area (Å²) in [7, 11) is 0. The highest BCUT2D eigenvalue weighted by molar-refractivity contribution is 7.13. The molecule has 7 nitrogen and oxygen atoms in total. The van der Waals surface area contributed by atoms with E-state index in [1.807, 2.05) is 27.7 Å². The number of aryl methyl sites for hydroxylation is 1. The van der Waals surface area contributed by atoms with Crippen LogP contribution in [0.3, 0.4) is 0 Å². The molecule has 1 aromatic rings. The van der Waals surface area contributed by atoms with Crippen molar-refractivity contribution in [2.75, 3.05) is 19.7 Å². The first kappa shape index (κ1) is 19.5. The first-order chi connectivity index (χ1) is 11.7. The van der Waals surface area contributed by atoms with Gasteiger partial charge in [0, 0.05) is 25.9 Å². The summed E-state index contributed by atoms with van der Waals surface area (Å²) in [6, 6.07) is 0. The molecule has 1 aliphatic heterocycles. The van der Waals surface area contributed by atoms with E-state index < -0.39 is 11.6 Å². The number of hydrogen-bond donors (Lipinski definition) is 0. The van der Waals surface area contributed by atoms with Gasteiger partial charge in [-0.05, 0) is 34.6 Å². The fourth-order valence-electron chi connectivity index (χ4n) is 2.41. The molecule has 1 saturated heterocycles. The fourth-order valence-corrected chi connectivity index (χ4v) is 3.15. The summed E-state index contributed by atoms with van der Waals surface area (Å²) >= 11 is 1.27. The van der Waals surface area contributed by atoms with Gasteiger partial charge in [0.1, 0.15) is 11.7 Å². The summed E-state index contributed by atoms with van der Waals surface area (Å²) in [6.45, 7) is 10.7. The third-order valence-electron chi connectivity index (χ3n) is 3.58. The number of likely N-dealkylation sites (tertiary alicyclic amines) is 1. The number of ether oxygens (including phenoxy) is 3. The van der Waals surface area contributed by atoms with Gasteiger partial charge < -0.3 is 19.1 Å². The van der Waals surface area contributed by atoms with E-state index in [-0.39, 0.29) is 12.2 Å². The lowest BCUT2D eigenvalue weighted by molar-refractivity contribution is 0.0122. The topological polar surface area (TPSA) is 78.0 Å². The molecule has 0 spiro atoms. The maximum atomic E-state index is 12.1. The van der Waals surface area contributed by atoms with E-state index in [1.54, 1.807) is 11.8 Å². The maximum absolute atomic E-state index is 12.1. The van der Waals surface area contributed by atoms with Crippen molar-refractivity contribution in [1.82, 2.24) is 9.88 Å². The van der Waals surface area contributed by atoms with Gasteiger partial charge in [0.25, 0.3) is 0 Å². The normalized spacial score (nSPS) is 15.8. The van der Waals surface area contributed by atoms with Gasteiger partial charge in [-0.25, -0.2) is 9.59 Å². The van der Waals surface area contributed by atoms with Gasteiger partial charge in [0.15, 0.2) is 0 Å². The largest absolute Gasteiger partial charge is 0.473 e. The van der Waals surface area contributed by atoms with E-state index in [1.165, 1.54) is 11.3 Å². The molecule has 1 amide bonds. The van der Waals surface area contributed by atoms with Crippen LogP contribution in [-0.4, -0.2) is 53.3 Å². The average Bonchev–Trinajstić information content (AvgIpc) is 2.88. The molecule has 1 aliphatic rings. The van der Waals surface area contributed by atoms with Gasteiger partial charge in [0.05, 0.1) is 11.5 Å². The van der Waals surface area contributed by atoms with Gasteiger partial charge in [-0.2, -0.15) is 4.98 Å². The van der Waals surface area contributed by atoms with Crippen molar-refractivity contribution in [2.45, 2.75) is 59.2 Å². The van der Waals surface area contributed by atoms with Crippen LogP contribution in [0.15, 0.2) is 0 Å². The van der Waals surface area contributed by atoms with Gasteiger partial charge in [0.2, 0.25) is 10.9 Å². The molecule has 0 aliphatic carbocycles. The molecule has 25 heavy (non-hydrogen) atoms. The number of amides is 1. The minimum Gasteiger partial charge on any atom is -0.473 e. The standard InChI is InChI=1S/C17H26N2O5S/c1-6-22-15(20)14-18-13(11(2)25-14)23-12-7-9-19(10-8-12)16(21)24-17(3,4)5/h12H,6-10H2,1-5H3. The van der Waals surface area contributed by atoms with Crippen molar-refractivity contribution >= 4 is 23.4 Å². The summed E-state index contributed by atoms with van der Waals surface area (Å²) in [6.07, 6.45) is 1.07. The molecule has 1 aromatic heterocycles. The Hall–Kier alpha value is -1.83. The number of hydrogen-bond acceptors (Lipinski definition) is 7.